The Kier molecular flexibility index (Phi) is 7.28. The van der Waals surface area contributed by atoms with Crippen LogP contribution in [0.5, 0.6) is 5.75 Å². The SMILES string of the molecule is CCOc1ccc(/C=C2\SC(=O)N(CCNC(=O)OCC3c4ccccc4-c4ccccc43)C2=O)cc1. The molecule has 1 saturated heterocycles. The number of alkyl carbamates (subject to hydrolysis) is 1. The summed E-state index contributed by atoms with van der Waals surface area (Å²) in [5.41, 5.74) is 5.38. The number of fused-ring (bicyclic) bond motifs is 3. The minimum absolute atomic E-state index is 0.0356. The second-order valence-corrected chi connectivity index (χ2v) is 9.58. The number of imide groups is 1. The summed E-state index contributed by atoms with van der Waals surface area (Å²) >= 11 is 0.887. The van der Waals surface area contributed by atoms with Crippen molar-refractivity contribution in [1.29, 1.82) is 0 Å². The summed E-state index contributed by atoms with van der Waals surface area (Å²) in [6.07, 6.45) is 1.10. The average Bonchev–Trinajstić information content (AvgIpc) is 3.37. The largest absolute Gasteiger partial charge is 0.494 e. The summed E-state index contributed by atoms with van der Waals surface area (Å²) in [5, 5.41) is 2.29. The number of amides is 3. The van der Waals surface area contributed by atoms with Crippen molar-refractivity contribution in [1.82, 2.24) is 10.2 Å². The second-order valence-electron chi connectivity index (χ2n) is 8.59. The van der Waals surface area contributed by atoms with Crippen molar-refractivity contribution in [2.45, 2.75) is 12.8 Å². The normalized spacial score (nSPS) is 15.6. The number of benzene rings is 3. The molecule has 2 aliphatic rings. The highest BCUT2D eigenvalue weighted by Crippen LogP contribution is 2.44. The fourth-order valence-corrected chi connectivity index (χ4v) is 5.46. The van der Waals surface area contributed by atoms with Gasteiger partial charge < -0.3 is 14.8 Å². The maximum atomic E-state index is 12.7. The van der Waals surface area contributed by atoms with Gasteiger partial charge in [0.05, 0.1) is 11.5 Å². The van der Waals surface area contributed by atoms with E-state index in [1.165, 1.54) is 0 Å². The molecule has 37 heavy (non-hydrogen) atoms. The molecule has 188 valence electrons. The molecule has 1 aliphatic carbocycles. The van der Waals surface area contributed by atoms with E-state index in [9.17, 15) is 14.4 Å². The van der Waals surface area contributed by atoms with Gasteiger partial charge in [-0.1, -0.05) is 60.7 Å². The zero-order chi connectivity index (χ0) is 25.8. The number of carbonyl (C=O) groups excluding carboxylic acids is 3. The Labute approximate surface area is 219 Å². The molecule has 0 spiro atoms. The van der Waals surface area contributed by atoms with Crippen LogP contribution in [-0.2, 0) is 9.53 Å². The van der Waals surface area contributed by atoms with Crippen LogP contribution in [-0.4, -0.2) is 48.4 Å². The van der Waals surface area contributed by atoms with Gasteiger partial charge in [-0.3, -0.25) is 14.5 Å². The minimum Gasteiger partial charge on any atom is -0.494 e. The molecule has 1 aliphatic heterocycles. The van der Waals surface area contributed by atoms with E-state index >= 15 is 0 Å². The van der Waals surface area contributed by atoms with Gasteiger partial charge in [0.15, 0.2) is 0 Å². The van der Waals surface area contributed by atoms with Crippen molar-refractivity contribution in [3.05, 3.63) is 94.4 Å². The molecule has 0 aromatic heterocycles. The number of hydrogen-bond acceptors (Lipinski definition) is 6. The fourth-order valence-electron chi connectivity index (χ4n) is 4.59. The van der Waals surface area contributed by atoms with Crippen LogP contribution < -0.4 is 10.1 Å². The van der Waals surface area contributed by atoms with Crippen LogP contribution in [0.2, 0.25) is 0 Å². The highest BCUT2D eigenvalue weighted by Gasteiger charge is 2.35. The molecule has 8 heteroatoms. The molecule has 0 saturated carbocycles. The first kappa shape index (κ1) is 24.6. The molecule has 1 fully saturated rings. The fraction of sp³-hybridized carbons (Fsp3) is 0.207. The Balaban J connectivity index is 1.13. The predicted octanol–water partition coefficient (Wildman–Crippen LogP) is 5.66. The second kappa shape index (κ2) is 10.9. The van der Waals surface area contributed by atoms with E-state index in [-0.39, 0.29) is 36.8 Å². The van der Waals surface area contributed by atoms with Crippen molar-refractivity contribution >= 4 is 35.1 Å². The summed E-state index contributed by atoms with van der Waals surface area (Å²) in [5.74, 6) is 0.330. The minimum atomic E-state index is -0.584. The molecule has 0 unspecified atom stereocenters. The number of rotatable bonds is 8. The molecule has 5 rings (SSSR count). The van der Waals surface area contributed by atoms with Gasteiger partial charge in [0.2, 0.25) is 0 Å². The quantitative estimate of drug-likeness (QED) is 0.391. The summed E-state index contributed by atoms with van der Waals surface area (Å²) < 4.78 is 10.9. The standard InChI is InChI=1S/C29H26N2O5S/c1-2-35-20-13-11-19(12-14-20)17-26-27(32)31(29(34)37-26)16-15-30-28(33)36-18-25-23-9-5-3-7-21(23)22-8-4-6-10-24(22)25/h3-14,17,25H,2,15-16,18H2,1H3,(H,30,33)/b26-17-. The van der Waals surface area contributed by atoms with Gasteiger partial charge in [0.25, 0.3) is 11.1 Å². The summed E-state index contributed by atoms with van der Waals surface area (Å²) in [4.78, 5) is 39.0. The Morgan fingerprint density at radius 1 is 0.973 bits per heavy atom. The van der Waals surface area contributed by atoms with E-state index in [4.69, 9.17) is 9.47 Å². The lowest BCUT2D eigenvalue weighted by molar-refractivity contribution is -0.122. The van der Waals surface area contributed by atoms with Crippen molar-refractivity contribution in [3.63, 3.8) is 0 Å². The van der Waals surface area contributed by atoms with Gasteiger partial charge in [0, 0.05) is 19.0 Å². The van der Waals surface area contributed by atoms with E-state index < -0.39 is 6.09 Å². The number of nitrogens with one attached hydrogen (secondary N) is 1. The highest BCUT2D eigenvalue weighted by atomic mass is 32.2. The summed E-state index contributed by atoms with van der Waals surface area (Å²) in [7, 11) is 0. The Morgan fingerprint density at radius 2 is 1.62 bits per heavy atom. The molecule has 1 N–H and O–H groups in total. The Bertz CT molecular complexity index is 1320. The summed E-state index contributed by atoms with van der Waals surface area (Å²) in [6, 6.07) is 23.5. The van der Waals surface area contributed by atoms with Crippen LogP contribution in [0, 0.1) is 0 Å². The first-order valence-electron chi connectivity index (χ1n) is 12.1. The lowest BCUT2D eigenvalue weighted by Gasteiger charge is -2.16. The van der Waals surface area contributed by atoms with E-state index in [0.29, 0.717) is 11.5 Å². The van der Waals surface area contributed by atoms with Crippen molar-refractivity contribution in [2.75, 3.05) is 26.3 Å². The molecule has 0 bridgehead atoms. The maximum Gasteiger partial charge on any atom is 0.407 e. The topological polar surface area (TPSA) is 84.9 Å². The van der Waals surface area contributed by atoms with Crippen LogP contribution in [0.15, 0.2) is 77.7 Å². The third kappa shape index (κ3) is 5.24. The molecule has 3 aromatic rings. The third-order valence-corrected chi connectivity index (χ3v) is 7.22. The summed E-state index contributed by atoms with van der Waals surface area (Å²) in [6.45, 7) is 2.85. The zero-order valence-electron chi connectivity index (χ0n) is 20.3. The smallest absolute Gasteiger partial charge is 0.407 e. The molecule has 0 atom stereocenters. The Hall–Kier alpha value is -4.04. The van der Waals surface area contributed by atoms with Gasteiger partial charge in [-0.2, -0.15) is 0 Å². The Morgan fingerprint density at radius 3 is 2.27 bits per heavy atom. The number of nitrogens with zero attached hydrogens (tertiary/aromatic N) is 1. The van der Waals surface area contributed by atoms with E-state index in [1.54, 1.807) is 6.08 Å². The number of hydrogen-bond donors (Lipinski definition) is 1. The molecular formula is C29H26N2O5S. The molecule has 7 nitrogen and oxygen atoms in total. The van der Waals surface area contributed by atoms with Crippen LogP contribution in [0.1, 0.15) is 29.5 Å². The third-order valence-electron chi connectivity index (χ3n) is 6.31. The zero-order valence-corrected chi connectivity index (χ0v) is 21.1. The van der Waals surface area contributed by atoms with E-state index in [2.05, 4.69) is 29.6 Å². The predicted molar refractivity (Wildman–Crippen MR) is 143 cm³/mol. The molecule has 0 radical (unpaired) electrons. The first-order chi connectivity index (χ1) is 18.0. The number of thioether (sulfide) groups is 1. The monoisotopic (exact) mass is 514 g/mol. The maximum absolute atomic E-state index is 12.7. The van der Waals surface area contributed by atoms with Crippen LogP contribution in [0.4, 0.5) is 9.59 Å². The number of carbonyl (C=O) groups is 3. The van der Waals surface area contributed by atoms with Gasteiger partial charge in [-0.15, -0.1) is 0 Å². The molecule has 3 amide bonds. The highest BCUT2D eigenvalue weighted by molar-refractivity contribution is 8.18. The van der Waals surface area contributed by atoms with Crippen molar-refractivity contribution < 1.29 is 23.9 Å². The van der Waals surface area contributed by atoms with Gasteiger partial charge in [-0.25, -0.2) is 4.79 Å². The lowest BCUT2D eigenvalue weighted by atomic mass is 9.98. The van der Waals surface area contributed by atoms with Crippen LogP contribution in [0.3, 0.4) is 0 Å². The van der Waals surface area contributed by atoms with E-state index in [0.717, 1.165) is 50.2 Å². The van der Waals surface area contributed by atoms with Crippen molar-refractivity contribution in [2.24, 2.45) is 0 Å². The average molecular weight is 515 g/mol. The van der Waals surface area contributed by atoms with Gasteiger partial charge in [-0.05, 0) is 64.7 Å². The number of ether oxygens (including phenoxy) is 2. The molecular weight excluding hydrogens is 488 g/mol. The first-order valence-corrected chi connectivity index (χ1v) is 12.9. The van der Waals surface area contributed by atoms with Crippen LogP contribution in [0.25, 0.3) is 17.2 Å². The van der Waals surface area contributed by atoms with Crippen LogP contribution >= 0.6 is 11.8 Å². The van der Waals surface area contributed by atoms with Crippen molar-refractivity contribution in [3.8, 4) is 16.9 Å². The van der Waals surface area contributed by atoms with E-state index in [1.807, 2.05) is 55.5 Å². The molecule has 3 aromatic carbocycles. The molecule has 1 heterocycles. The lowest BCUT2D eigenvalue weighted by Crippen LogP contribution is -2.37. The van der Waals surface area contributed by atoms with Gasteiger partial charge in [0.1, 0.15) is 12.4 Å². The van der Waals surface area contributed by atoms with Gasteiger partial charge >= 0.3 is 6.09 Å².